The summed E-state index contributed by atoms with van der Waals surface area (Å²) < 4.78 is 5.12. The molecule has 1 heterocycles. The summed E-state index contributed by atoms with van der Waals surface area (Å²) in [6.45, 7) is 2.06. The first-order valence-electron chi connectivity index (χ1n) is 9.98. The monoisotopic (exact) mass is 442 g/mol. The number of rotatable bonds is 7. The lowest BCUT2D eigenvalue weighted by Crippen LogP contribution is -2.17. The van der Waals surface area contributed by atoms with E-state index in [1.54, 1.807) is 25.5 Å². The fraction of sp³-hybridized carbons (Fsp3) is 0.0800. The molecule has 0 radical (unpaired) electrons. The summed E-state index contributed by atoms with van der Waals surface area (Å²) >= 11 is 1.54. The molecule has 160 valence electrons. The van der Waals surface area contributed by atoms with Crippen molar-refractivity contribution in [2.75, 3.05) is 12.4 Å². The van der Waals surface area contributed by atoms with Crippen molar-refractivity contribution in [3.8, 4) is 17.0 Å². The quantitative estimate of drug-likeness (QED) is 0.287. The summed E-state index contributed by atoms with van der Waals surface area (Å²) in [5, 5.41) is 10.1. The third-order valence-corrected chi connectivity index (χ3v) is 5.50. The number of hydrogen-bond acceptors (Lipinski definition) is 6. The van der Waals surface area contributed by atoms with E-state index in [1.165, 1.54) is 16.9 Å². The number of aryl methyl sites for hydroxylation is 1. The predicted molar refractivity (Wildman–Crippen MR) is 130 cm³/mol. The molecule has 4 rings (SSSR count). The standard InChI is InChI=1S/C25H22N4O2S/c1-17-3-11-21(12-4-17)27-25-28-23(16-32-25)19-7-9-20(10-8-19)24(30)29-26-15-18-5-13-22(31-2)14-6-18/h3-16H,1-2H3,(H,27,28)(H,29,30)/b26-15-. The average molecular weight is 443 g/mol. The minimum absolute atomic E-state index is 0.277. The summed E-state index contributed by atoms with van der Waals surface area (Å²) in [5.74, 6) is 0.491. The Morgan fingerprint density at radius 3 is 2.41 bits per heavy atom. The van der Waals surface area contributed by atoms with Crippen molar-refractivity contribution in [2.45, 2.75) is 6.92 Å². The van der Waals surface area contributed by atoms with Gasteiger partial charge >= 0.3 is 0 Å². The molecule has 7 heteroatoms. The van der Waals surface area contributed by atoms with Crippen LogP contribution in [0, 0.1) is 6.92 Å². The molecule has 3 aromatic carbocycles. The van der Waals surface area contributed by atoms with Crippen LogP contribution >= 0.6 is 11.3 Å². The lowest BCUT2D eigenvalue weighted by molar-refractivity contribution is 0.0955. The van der Waals surface area contributed by atoms with Gasteiger partial charge in [0.15, 0.2) is 5.13 Å². The summed E-state index contributed by atoms with van der Waals surface area (Å²) in [7, 11) is 1.62. The molecule has 0 atom stereocenters. The topological polar surface area (TPSA) is 75.6 Å². The van der Waals surface area contributed by atoms with Gasteiger partial charge in [-0.05, 0) is 61.0 Å². The number of nitrogens with one attached hydrogen (secondary N) is 2. The van der Waals surface area contributed by atoms with Gasteiger partial charge in [-0.15, -0.1) is 11.3 Å². The van der Waals surface area contributed by atoms with E-state index in [0.29, 0.717) is 5.56 Å². The number of thiazole rings is 1. The molecule has 0 unspecified atom stereocenters. The highest BCUT2D eigenvalue weighted by atomic mass is 32.1. The van der Waals surface area contributed by atoms with Crippen molar-refractivity contribution < 1.29 is 9.53 Å². The minimum Gasteiger partial charge on any atom is -0.497 e. The molecular formula is C25H22N4O2S. The van der Waals surface area contributed by atoms with Crippen molar-refractivity contribution >= 4 is 34.3 Å². The van der Waals surface area contributed by atoms with E-state index >= 15 is 0 Å². The number of carbonyl (C=O) groups excluding carboxylic acids is 1. The number of benzene rings is 3. The Balaban J connectivity index is 1.36. The maximum atomic E-state index is 12.3. The first-order valence-corrected chi connectivity index (χ1v) is 10.9. The number of nitrogens with zero attached hydrogens (tertiary/aromatic N) is 2. The third-order valence-electron chi connectivity index (χ3n) is 4.75. The summed E-state index contributed by atoms with van der Waals surface area (Å²) in [5.41, 5.74) is 7.94. The van der Waals surface area contributed by atoms with E-state index in [2.05, 4.69) is 39.9 Å². The van der Waals surface area contributed by atoms with Crippen LogP contribution in [0.25, 0.3) is 11.3 Å². The SMILES string of the molecule is COc1ccc(/C=N\NC(=O)c2ccc(-c3csc(Nc4ccc(C)cc4)n3)cc2)cc1. The van der Waals surface area contributed by atoms with Gasteiger partial charge in [-0.1, -0.05) is 29.8 Å². The maximum Gasteiger partial charge on any atom is 0.271 e. The zero-order valence-corrected chi connectivity index (χ0v) is 18.5. The van der Waals surface area contributed by atoms with E-state index in [4.69, 9.17) is 4.74 Å². The van der Waals surface area contributed by atoms with Crippen LogP contribution < -0.4 is 15.5 Å². The maximum absolute atomic E-state index is 12.3. The number of anilines is 2. The predicted octanol–water partition coefficient (Wildman–Crippen LogP) is 5.63. The first-order chi connectivity index (χ1) is 15.6. The Labute approximate surface area is 190 Å². The van der Waals surface area contributed by atoms with E-state index in [0.717, 1.165) is 33.4 Å². The molecule has 0 saturated heterocycles. The summed E-state index contributed by atoms with van der Waals surface area (Å²) in [6.07, 6.45) is 1.59. The van der Waals surface area contributed by atoms with Gasteiger partial charge in [0.05, 0.1) is 19.0 Å². The van der Waals surface area contributed by atoms with Gasteiger partial charge < -0.3 is 10.1 Å². The Morgan fingerprint density at radius 1 is 1.00 bits per heavy atom. The van der Waals surface area contributed by atoms with Crippen LogP contribution in [0.1, 0.15) is 21.5 Å². The van der Waals surface area contributed by atoms with Crippen LogP contribution in [0.15, 0.2) is 83.3 Å². The number of ether oxygens (including phenoxy) is 1. The molecule has 2 N–H and O–H groups in total. The lowest BCUT2D eigenvalue weighted by Gasteiger charge is -2.03. The Kier molecular flexibility index (Phi) is 6.57. The van der Waals surface area contributed by atoms with Crippen LogP contribution in [-0.2, 0) is 0 Å². The van der Waals surface area contributed by atoms with E-state index in [1.807, 2.05) is 53.9 Å². The van der Waals surface area contributed by atoms with Crippen molar-refractivity contribution in [3.63, 3.8) is 0 Å². The molecule has 0 saturated carbocycles. The molecule has 1 aromatic heterocycles. The summed E-state index contributed by atoms with van der Waals surface area (Å²) in [4.78, 5) is 17.0. The molecule has 0 aliphatic rings. The van der Waals surface area contributed by atoms with Crippen LogP contribution in [-0.4, -0.2) is 24.2 Å². The molecule has 4 aromatic rings. The lowest BCUT2D eigenvalue weighted by atomic mass is 10.1. The van der Waals surface area contributed by atoms with Gasteiger partial charge in [0, 0.05) is 22.2 Å². The molecule has 6 nitrogen and oxygen atoms in total. The Bertz CT molecular complexity index is 1210. The van der Waals surface area contributed by atoms with Crippen molar-refractivity contribution in [1.82, 2.24) is 10.4 Å². The zero-order chi connectivity index (χ0) is 22.3. The molecule has 1 amide bonds. The third kappa shape index (κ3) is 5.39. The second kappa shape index (κ2) is 9.89. The first kappa shape index (κ1) is 21.3. The van der Waals surface area contributed by atoms with Gasteiger partial charge in [0.1, 0.15) is 5.75 Å². The molecule has 32 heavy (non-hydrogen) atoms. The smallest absolute Gasteiger partial charge is 0.271 e. The van der Waals surface area contributed by atoms with Crippen LogP contribution in [0.5, 0.6) is 5.75 Å². The Morgan fingerprint density at radius 2 is 1.72 bits per heavy atom. The zero-order valence-electron chi connectivity index (χ0n) is 17.7. The largest absolute Gasteiger partial charge is 0.497 e. The molecule has 0 aliphatic heterocycles. The fourth-order valence-electron chi connectivity index (χ4n) is 2.94. The number of hydrazone groups is 1. The average Bonchev–Trinajstić information content (AvgIpc) is 3.29. The van der Waals surface area contributed by atoms with Gasteiger partial charge in [-0.3, -0.25) is 4.79 Å². The van der Waals surface area contributed by atoms with E-state index in [-0.39, 0.29) is 5.91 Å². The van der Waals surface area contributed by atoms with Gasteiger partial charge in [-0.25, -0.2) is 10.4 Å². The number of methoxy groups -OCH3 is 1. The molecule has 0 spiro atoms. The second-order valence-electron chi connectivity index (χ2n) is 7.08. The minimum atomic E-state index is -0.277. The van der Waals surface area contributed by atoms with Gasteiger partial charge in [0.2, 0.25) is 0 Å². The molecule has 0 bridgehead atoms. The van der Waals surface area contributed by atoms with Gasteiger partial charge in [-0.2, -0.15) is 5.10 Å². The van der Waals surface area contributed by atoms with Crippen molar-refractivity contribution in [1.29, 1.82) is 0 Å². The van der Waals surface area contributed by atoms with Crippen molar-refractivity contribution in [3.05, 3.63) is 94.9 Å². The molecule has 0 fully saturated rings. The van der Waals surface area contributed by atoms with Crippen LogP contribution in [0.2, 0.25) is 0 Å². The van der Waals surface area contributed by atoms with Gasteiger partial charge in [0.25, 0.3) is 5.91 Å². The highest BCUT2D eigenvalue weighted by Crippen LogP contribution is 2.27. The molecule has 0 aliphatic carbocycles. The van der Waals surface area contributed by atoms with Crippen LogP contribution in [0.4, 0.5) is 10.8 Å². The van der Waals surface area contributed by atoms with Crippen molar-refractivity contribution in [2.24, 2.45) is 5.10 Å². The number of aromatic nitrogens is 1. The second-order valence-corrected chi connectivity index (χ2v) is 7.94. The fourth-order valence-corrected chi connectivity index (χ4v) is 3.68. The normalized spacial score (nSPS) is 10.8. The summed E-state index contributed by atoms with van der Waals surface area (Å²) in [6, 6.07) is 22.9. The van der Waals surface area contributed by atoms with E-state index in [9.17, 15) is 4.79 Å². The van der Waals surface area contributed by atoms with Crippen LogP contribution in [0.3, 0.4) is 0 Å². The Hall–Kier alpha value is -3.97. The van der Waals surface area contributed by atoms with E-state index < -0.39 is 0 Å². The highest BCUT2D eigenvalue weighted by Gasteiger charge is 2.08. The number of hydrogen-bond donors (Lipinski definition) is 2. The number of carbonyl (C=O) groups is 1. The molecular weight excluding hydrogens is 420 g/mol. The number of amides is 1. The highest BCUT2D eigenvalue weighted by molar-refractivity contribution is 7.14.